The predicted molar refractivity (Wildman–Crippen MR) is 89.2 cm³/mol. The summed E-state index contributed by atoms with van der Waals surface area (Å²) in [6, 6.07) is 5.34. The van der Waals surface area contributed by atoms with Crippen LogP contribution in [0.1, 0.15) is 32.2 Å². The first-order valence-corrected chi connectivity index (χ1v) is 7.85. The number of ether oxygens (including phenoxy) is 1. The number of anilines is 1. The molecular weight excluding hydrogens is 308 g/mol. The van der Waals surface area contributed by atoms with E-state index in [0.29, 0.717) is 49.1 Å². The molecule has 3 rings (SSSR count). The molecule has 1 aliphatic heterocycles. The summed E-state index contributed by atoms with van der Waals surface area (Å²) in [5.41, 5.74) is 2.43. The van der Waals surface area contributed by atoms with Crippen LogP contribution < -0.4 is 5.32 Å². The smallest absolute Gasteiger partial charge is 0.273 e. The van der Waals surface area contributed by atoms with Gasteiger partial charge in [0.1, 0.15) is 11.5 Å². The molecule has 2 heterocycles. The molecule has 1 aromatic carbocycles. The molecule has 0 bridgehead atoms. The Labute approximate surface area is 140 Å². The number of hydrogen-bond acceptors (Lipinski definition) is 4. The fourth-order valence-corrected chi connectivity index (χ4v) is 2.60. The van der Waals surface area contributed by atoms with Gasteiger partial charge in [0.2, 0.25) is 0 Å². The van der Waals surface area contributed by atoms with E-state index in [1.165, 1.54) is 6.20 Å². The minimum absolute atomic E-state index is 0.0377. The highest BCUT2D eigenvalue weighted by molar-refractivity contribution is 6.04. The topological polar surface area (TPSA) is 87.3 Å². The lowest BCUT2D eigenvalue weighted by Gasteiger charge is -2.27. The standard InChI is InChI=1S/C17H20N4O3/c1-11-3-4-13(20-16(22)15-10-18-12(2)19-15)9-14(11)17(23)21-5-7-24-8-6-21/h3-4,9-10H,5-8H2,1-2H3,(H,18,19)(H,20,22). The van der Waals surface area contributed by atoms with Gasteiger partial charge in [-0.1, -0.05) is 6.07 Å². The maximum Gasteiger partial charge on any atom is 0.273 e. The van der Waals surface area contributed by atoms with E-state index in [1.807, 2.05) is 13.0 Å². The van der Waals surface area contributed by atoms with E-state index in [9.17, 15) is 9.59 Å². The van der Waals surface area contributed by atoms with Crippen LogP contribution in [0.25, 0.3) is 0 Å². The van der Waals surface area contributed by atoms with Gasteiger partial charge < -0.3 is 19.9 Å². The summed E-state index contributed by atoms with van der Waals surface area (Å²) < 4.78 is 5.28. The molecule has 1 fully saturated rings. The molecule has 1 aromatic heterocycles. The summed E-state index contributed by atoms with van der Waals surface area (Å²) in [6.45, 7) is 5.95. The number of rotatable bonds is 3. The number of nitrogens with one attached hydrogen (secondary N) is 2. The molecule has 2 amide bonds. The maximum absolute atomic E-state index is 12.7. The van der Waals surface area contributed by atoms with Crippen LogP contribution in [-0.4, -0.2) is 53.0 Å². The Balaban J connectivity index is 1.78. The number of aryl methyl sites for hydroxylation is 2. The average Bonchev–Trinajstić information content (AvgIpc) is 3.03. The zero-order valence-electron chi connectivity index (χ0n) is 13.8. The molecule has 0 unspecified atom stereocenters. The number of carbonyl (C=O) groups is 2. The molecule has 24 heavy (non-hydrogen) atoms. The fourth-order valence-electron chi connectivity index (χ4n) is 2.60. The lowest BCUT2D eigenvalue weighted by atomic mass is 10.1. The van der Waals surface area contributed by atoms with Gasteiger partial charge in [-0.25, -0.2) is 4.98 Å². The summed E-state index contributed by atoms with van der Waals surface area (Å²) in [6.07, 6.45) is 1.48. The van der Waals surface area contributed by atoms with Crippen molar-refractivity contribution in [2.45, 2.75) is 13.8 Å². The summed E-state index contributed by atoms with van der Waals surface area (Å²) in [7, 11) is 0. The van der Waals surface area contributed by atoms with Crippen LogP contribution in [0.3, 0.4) is 0 Å². The summed E-state index contributed by atoms with van der Waals surface area (Å²) in [5, 5.41) is 2.79. The van der Waals surface area contributed by atoms with Gasteiger partial charge in [0.05, 0.1) is 19.4 Å². The maximum atomic E-state index is 12.7. The third kappa shape index (κ3) is 3.46. The van der Waals surface area contributed by atoms with Crippen LogP contribution in [-0.2, 0) is 4.74 Å². The first kappa shape index (κ1) is 16.2. The third-order valence-corrected chi connectivity index (χ3v) is 3.97. The molecule has 2 N–H and O–H groups in total. The molecule has 0 radical (unpaired) electrons. The second kappa shape index (κ2) is 6.84. The molecule has 0 saturated carbocycles. The van der Waals surface area contributed by atoms with E-state index in [0.717, 1.165) is 5.56 Å². The highest BCUT2D eigenvalue weighted by atomic mass is 16.5. The van der Waals surface area contributed by atoms with E-state index < -0.39 is 0 Å². The van der Waals surface area contributed by atoms with Crippen molar-refractivity contribution in [1.29, 1.82) is 0 Å². The van der Waals surface area contributed by atoms with Crippen LogP contribution in [0.15, 0.2) is 24.4 Å². The fraction of sp³-hybridized carbons (Fsp3) is 0.353. The third-order valence-electron chi connectivity index (χ3n) is 3.97. The largest absolute Gasteiger partial charge is 0.378 e. The second-order valence-electron chi connectivity index (χ2n) is 5.77. The Bertz CT molecular complexity index is 763. The van der Waals surface area contributed by atoms with Gasteiger partial charge in [0.25, 0.3) is 11.8 Å². The Morgan fingerprint density at radius 3 is 2.67 bits per heavy atom. The monoisotopic (exact) mass is 328 g/mol. The van der Waals surface area contributed by atoms with Crippen molar-refractivity contribution in [3.05, 3.63) is 47.0 Å². The quantitative estimate of drug-likeness (QED) is 0.898. The lowest BCUT2D eigenvalue weighted by molar-refractivity contribution is 0.0302. The van der Waals surface area contributed by atoms with E-state index in [4.69, 9.17) is 4.74 Å². The number of hydrogen-bond donors (Lipinski definition) is 2. The molecule has 1 aliphatic rings. The highest BCUT2D eigenvalue weighted by Gasteiger charge is 2.20. The van der Waals surface area contributed by atoms with Crippen molar-refractivity contribution in [3.63, 3.8) is 0 Å². The number of aromatic nitrogens is 2. The highest BCUT2D eigenvalue weighted by Crippen LogP contribution is 2.18. The molecular formula is C17H20N4O3. The van der Waals surface area contributed by atoms with Gasteiger partial charge in [-0.3, -0.25) is 9.59 Å². The van der Waals surface area contributed by atoms with E-state index in [-0.39, 0.29) is 11.8 Å². The van der Waals surface area contributed by atoms with Gasteiger partial charge in [-0.15, -0.1) is 0 Å². The Morgan fingerprint density at radius 1 is 1.25 bits per heavy atom. The molecule has 7 nitrogen and oxygen atoms in total. The SMILES string of the molecule is Cc1ncc(C(=O)Nc2ccc(C)c(C(=O)N3CCOCC3)c2)[nH]1. The second-order valence-corrected chi connectivity index (χ2v) is 5.77. The molecule has 126 valence electrons. The Kier molecular flexibility index (Phi) is 4.61. The van der Waals surface area contributed by atoms with Crippen LogP contribution in [0.2, 0.25) is 0 Å². The van der Waals surface area contributed by atoms with Crippen molar-refractivity contribution in [3.8, 4) is 0 Å². The van der Waals surface area contributed by atoms with Crippen LogP contribution in [0.5, 0.6) is 0 Å². The number of nitrogens with zero attached hydrogens (tertiary/aromatic N) is 2. The average molecular weight is 328 g/mol. The molecule has 1 saturated heterocycles. The zero-order valence-corrected chi connectivity index (χ0v) is 13.8. The zero-order chi connectivity index (χ0) is 17.1. The molecule has 2 aromatic rings. The number of carbonyl (C=O) groups excluding carboxylic acids is 2. The number of amides is 2. The van der Waals surface area contributed by atoms with Crippen molar-refractivity contribution >= 4 is 17.5 Å². The number of morpholine rings is 1. The minimum Gasteiger partial charge on any atom is -0.378 e. The van der Waals surface area contributed by atoms with Crippen LogP contribution in [0.4, 0.5) is 5.69 Å². The van der Waals surface area contributed by atoms with Crippen molar-refractivity contribution in [2.75, 3.05) is 31.6 Å². The van der Waals surface area contributed by atoms with E-state index >= 15 is 0 Å². The van der Waals surface area contributed by atoms with Gasteiger partial charge in [-0.2, -0.15) is 0 Å². The summed E-state index contributed by atoms with van der Waals surface area (Å²) in [5.74, 6) is 0.348. The van der Waals surface area contributed by atoms with Gasteiger partial charge >= 0.3 is 0 Å². The van der Waals surface area contributed by atoms with Crippen molar-refractivity contribution < 1.29 is 14.3 Å². The number of aromatic amines is 1. The molecule has 0 atom stereocenters. The number of benzene rings is 1. The Hall–Kier alpha value is -2.67. The first-order chi connectivity index (χ1) is 11.5. The van der Waals surface area contributed by atoms with Gasteiger partial charge in [0, 0.05) is 24.3 Å². The van der Waals surface area contributed by atoms with E-state index in [1.54, 1.807) is 24.0 Å². The van der Waals surface area contributed by atoms with Crippen LogP contribution in [0, 0.1) is 13.8 Å². The molecule has 7 heteroatoms. The normalized spacial score (nSPS) is 14.5. The Morgan fingerprint density at radius 2 is 2.00 bits per heavy atom. The minimum atomic E-state index is -0.288. The van der Waals surface area contributed by atoms with E-state index in [2.05, 4.69) is 15.3 Å². The first-order valence-electron chi connectivity index (χ1n) is 7.85. The lowest BCUT2D eigenvalue weighted by Crippen LogP contribution is -2.41. The van der Waals surface area contributed by atoms with Gasteiger partial charge in [-0.05, 0) is 31.5 Å². The van der Waals surface area contributed by atoms with Gasteiger partial charge in [0.15, 0.2) is 0 Å². The van der Waals surface area contributed by atoms with Crippen molar-refractivity contribution in [2.24, 2.45) is 0 Å². The predicted octanol–water partition coefficient (Wildman–Crippen LogP) is 1.75. The molecule has 0 spiro atoms. The summed E-state index contributed by atoms with van der Waals surface area (Å²) in [4.78, 5) is 33.5. The van der Waals surface area contributed by atoms with Crippen molar-refractivity contribution in [1.82, 2.24) is 14.9 Å². The van der Waals surface area contributed by atoms with Crippen LogP contribution >= 0.6 is 0 Å². The summed E-state index contributed by atoms with van der Waals surface area (Å²) >= 11 is 0. The number of H-pyrrole nitrogens is 1. The number of imidazole rings is 1. The molecule has 0 aliphatic carbocycles.